The van der Waals surface area contributed by atoms with Gasteiger partial charge in [0.05, 0.1) is 7.11 Å². The van der Waals surface area contributed by atoms with Crippen molar-refractivity contribution in [3.05, 3.63) is 62.6 Å². The third kappa shape index (κ3) is 3.41. The zero-order valence-electron chi connectivity index (χ0n) is 11.2. The van der Waals surface area contributed by atoms with Crippen LogP contribution in [0.5, 0.6) is 5.75 Å². The number of benzene rings is 2. The molecule has 20 heavy (non-hydrogen) atoms. The van der Waals surface area contributed by atoms with Gasteiger partial charge in [0.15, 0.2) is 5.78 Å². The first kappa shape index (κ1) is 15.1. The first-order valence-corrected chi connectivity index (χ1v) is 7.30. The Balaban J connectivity index is 2.32. The second-order valence-corrected chi connectivity index (χ2v) is 5.83. The predicted octanol–water partition coefficient (Wildman–Crippen LogP) is 4.84. The number of Topliss-reactive ketones (excluding diaryl/α,β-unsaturated/α-hetero) is 1. The maximum Gasteiger partial charge on any atom is 0.168 e. The summed E-state index contributed by atoms with van der Waals surface area (Å²) < 4.78 is 6.05. The van der Waals surface area contributed by atoms with Crippen LogP contribution in [0.1, 0.15) is 21.5 Å². The minimum Gasteiger partial charge on any atom is -0.496 e. The molecule has 4 heteroatoms. The standard InChI is InChI=1S/C16H14BrClO2/c1-10-3-6-16(20-2)11(7-10)8-15(19)13-9-12(18)4-5-14(13)17/h3-7,9H,8H2,1-2H3. The van der Waals surface area contributed by atoms with Gasteiger partial charge in [-0.15, -0.1) is 0 Å². The van der Waals surface area contributed by atoms with Gasteiger partial charge in [0.2, 0.25) is 0 Å². The van der Waals surface area contributed by atoms with Crippen LogP contribution in [0.2, 0.25) is 5.02 Å². The van der Waals surface area contributed by atoms with Crippen LogP contribution in [0, 0.1) is 6.92 Å². The minimum absolute atomic E-state index is 0.00303. The predicted molar refractivity (Wildman–Crippen MR) is 84.9 cm³/mol. The molecule has 0 heterocycles. The van der Waals surface area contributed by atoms with Gasteiger partial charge < -0.3 is 4.74 Å². The molecule has 104 valence electrons. The van der Waals surface area contributed by atoms with Crippen LogP contribution >= 0.6 is 27.5 Å². The first-order valence-electron chi connectivity index (χ1n) is 6.13. The van der Waals surface area contributed by atoms with Gasteiger partial charge >= 0.3 is 0 Å². The van der Waals surface area contributed by atoms with Crippen molar-refractivity contribution < 1.29 is 9.53 Å². The molecular weight excluding hydrogens is 340 g/mol. The van der Waals surface area contributed by atoms with E-state index in [2.05, 4.69) is 15.9 Å². The second-order valence-electron chi connectivity index (χ2n) is 4.54. The van der Waals surface area contributed by atoms with Crippen LogP contribution in [-0.4, -0.2) is 12.9 Å². The SMILES string of the molecule is COc1ccc(C)cc1CC(=O)c1cc(Cl)ccc1Br. The number of rotatable bonds is 4. The van der Waals surface area contributed by atoms with Gasteiger partial charge in [0.25, 0.3) is 0 Å². The lowest BCUT2D eigenvalue weighted by Gasteiger charge is -2.10. The number of ether oxygens (including phenoxy) is 1. The van der Waals surface area contributed by atoms with E-state index in [-0.39, 0.29) is 12.2 Å². The molecule has 2 nitrogen and oxygen atoms in total. The number of halogens is 2. The van der Waals surface area contributed by atoms with Gasteiger partial charge in [0, 0.05) is 27.0 Å². The number of carbonyl (C=O) groups excluding carboxylic acids is 1. The van der Waals surface area contributed by atoms with Crippen LogP contribution in [-0.2, 0) is 6.42 Å². The lowest BCUT2D eigenvalue weighted by Crippen LogP contribution is -2.06. The molecule has 0 spiro atoms. The summed E-state index contributed by atoms with van der Waals surface area (Å²) in [5.41, 5.74) is 2.56. The van der Waals surface area contributed by atoms with Crippen molar-refractivity contribution in [1.82, 2.24) is 0 Å². The van der Waals surface area contributed by atoms with E-state index in [1.807, 2.05) is 25.1 Å². The monoisotopic (exact) mass is 352 g/mol. The molecule has 0 fully saturated rings. The summed E-state index contributed by atoms with van der Waals surface area (Å²) in [5.74, 6) is 0.727. The van der Waals surface area contributed by atoms with E-state index in [9.17, 15) is 4.79 Å². The smallest absolute Gasteiger partial charge is 0.168 e. The summed E-state index contributed by atoms with van der Waals surface area (Å²) in [6.07, 6.45) is 0.282. The largest absolute Gasteiger partial charge is 0.496 e. The highest BCUT2D eigenvalue weighted by molar-refractivity contribution is 9.10. The number of aryl methyl sites for hydroxylation is 1. The average Bonchev–Trinajstić information content (AvgIpc) is 2.41. The molecule has 0 aliphatic carbocycles. The Bertz CT molecular complexity index is 653. The van der Waals surface area contributed by atoms with Crippen LogP contribution in [0.4, 0.5) is 0 Å². The fourth-order valence-corrected chi connectivity index (χ4v) is 2.66. The molecule has 0 bridgehead atoms. The summed E-state index contributed by atoms with van der Waals surface area (Å²) in [5, 5.41) is 0.549. The summed E-state index contributed by atoms with van der Waals surface area (Å²) in [6, 6.07) is 11.0. The normalized spacial score (nSPS) is 10.4. The molecule has 0 aromatic heterocycles. The fourth-order valence-electron chi connectivity index (χ4n) is 2.02. The maximum atomic E-state index is 12.4. The van der Waals surface area contributed by atoms with E-state index >= 15 is 0 Å². The van der Waals surface area contributed by atoms with Crippen molar-refractivity contribution in [3.8, 4) is 5.75 Å². The van der Waals surface area contributed by atoms with Crippen molar-refractivity contribution in [3.63, 3.8) is 0 Å². The van der Waals surface area contributed by atoms with Gasteiger partial charge in [-0.05, 0) is 31.2 Å². The van der Waals surface area contributed by atoms with Gasteiger partial charge in [-0.2, -0.15) is 0 Å². The zero-order valence-corrected chi connectivity index (χ0v) is 13.6. The Kier molecular flexibility index (Phi) is 4.84. The molecule has 0 atom stereocenters. The van der Waals surface area contributed by atoms with E-state index in [4.69, 9.17) is 16.3 Å². The third-order valence-electron chi connectivity index (χ3n) is 3.02. The van der Waals surface area contributed by atoms with E-state index in [1.54, 1.807) is 25.3 Å². The minimum atomic E-state index is 0.00303. The molecule has 0 unspecified atom stereocenters. The molecule has 0 N–H and O–H groups in total. The van der Waals surface area contributed by atoms with Crippen molar-refractivity contribution >= 4 is 33.3 Å². The van der Waals surface area contributed by atoms with E-state index in [0.717, 1.165) is 21.3 Å². The molecule has 2 rings (SSSR count). The Morgan fingerprint density at radius 2 is 2.00 bits per heavy atom. The quantitative estimate of drug-likeness (QED) is 0.735. The van der Waals surface area contributed by atoms with E-state index in [0.29, 0.717) is 10.6 Å². The molecule has 0 saturated heterocycles. The Hall–Kier alpha value is -1.32. The summed E-state index contributed by atoms with van der Waals surface area (Å²) in [6.45, 7) is 1.99. The highest BCUT2D eigenvalue weighted by Gasteiger charge is 2.14. The molecule has 0 saturated carbocycles. The molecule has 0 aliphatic heterocycles. The van der Waals surface area contributed by atoms with Crippen molar-refractivity contribution in [2.75, 3.05) is 7.11 Å². The number of methoxy groups -OCH3 is 1. The highest BCUT2D eigenvalue weighted by atomic mass is 79.9. The molecule has 0 amide bonds. The number of carbonyl (C=O) groups is 1. The van der Waals surface area contributed by atoms with Crippen molar-refractivity contribution in [2.24, 2.45) is 0 Å². The lowest BCUT2D eigenvalue weighted by atomic mass is 10.0. The summed E-state index contributed by atoms with van der Waals surface area (Å²) in [4.78, 5) is 12.4. The summed E-state index contributed by atoms with van der Waals surface area (Å²) in [7, 11) is 1.61. The highest BCUT2D eigenvalue weighted by Crippen LogP contribution is 2.25. The van der Waals surface area contributed by atoms with Gasteiger partial charge in [-0.25, -0.2) is 0 Å². The first-order chi connectivity index (χ1) is 9.51. The molecule has 0 aliphatic rings. The van der Waals surface area contributed by atoms with E-state index in [1.165, 1.54) is 0 Å². The molecular formula is C16H14BrClO2. The Morgan fingerprint density at radius 3 is 2.70 bits per heavy atom. The van der Waals surface area contributed by atoms with Gasteiger partial charge in [-0.1, -0.05) is 45.2 Å². The van der Waals surface area contributed by atoms with Crippen LogP contribution in [0.25, 0.3) is 0 Å². The third-order valence-corrected chi connectivity index (χ3v) is 3.94. The lowest BCUT2D eigenvalue weighted by molar-refractivity contribution is 0.0991. The zero-order chi connectivity index (χ0) is 14.7. The molecule has 0 radical (unpaired) electrons. The van der Waals surface area contributed by atoms with Gasteiger partial charge in [-0.3, -0.25) is 4.79 Å². The van der Waals surface area contributed by atoms with Gasteiger partial charge in [0.1, 0.15) is 5.75 Å². The van der Waals surface area contributed by atoms with Crippen LogP contribution in [0.3, 0.4) is 0 Å². The maximum absolute atomic E-state index is 12.4. The van der Waals surface area contributed by atoms with Crippen molar-refractivity contribution in [1.29, 1.82) is 0 Å². The van der Waals surface area contributed by atoms with Crippen molar-refractivity contribution in [2.45, 2.75) is 13.3 Å². The second kappa shape index (κ2) is 6.42. The number of hydrogen-bond acceptors (Lipinski definition) is 2. The fraction of sp³-hybridized carbons (Fsp3) is 0.188. The Labute approximate surface area is 131 Å². The Morgan fingerprint density at radius 1 is 1.25 bits per heavy atom. The summed E-state index contributed by atoms with van der Waals surface area (Å²) >= 11 is 9.33. The number of hydrogen-bond donors (Lipinski definition) is 0. The van der Waals surface area contributed by atoms with Crippen LogP contribution in [0.15, 0.2) is 40.9 Å². The van der Waals surface area contributed by atoms with E-state index < -0.39 is 0 Å². The topological polar surface area (TPSA) is 26.3 Å². The molecule has 2 aromatic carbocycles. The molecule has 2 aromatic rings. The number of ketones is 1. The average molecular weight is 354 g/mol. The van der Waals surface area contributed by atoms with Crippen LogP contribution < -0.4 is 4.74 Å².